The van der Waals surface area contributed by atoms with E-state index >= 15 is 0 Å². The molecule has 0 aliphatic carbocycles. The molecular formula is C22H22N2O3. The Morgan fingerprint density at radius 3 is 2.48 bits per heavy atom. The summed E-state index contributed by atoms with van der Waals surface area (Å²) in [6.45, 7) is 0.217. The van der Waals surface area contributed by atoms with Crippen LogP contribution in [0.25, 0.3) is 21.9 Å². The highest BCUT2D eigenvalue weighted by atomic mass is 16.5. The third-order valence-electron chi connectivity index (χ3n) is 4.40. The fourth-order valence-electron chi connectivity index (χ4n) is 3.02. The number of rotatable bonds is 5. The molecule has 0 bridgehead atoms. The van der Waals surface area contributed by atoms with Gasteiger partial charge < -0.3 is 15.4 Å². The van der Waals surface area contributed by atoms with Crippen molar-refractivity contribution in [3.63, 3.8) is 0 Å². The van der Waals surface area contributed by atoms with Crippen molar-refractivity contribution in [1.82, 2.24) is 10.6 Å². The largest absolute Gasteiger partial charge is 0.445 e. The van der Waals surface area contributed by atoms with Crippen molar-refractivity contribution in [3.05, 3.63) is 71.8 Å². The minimum absolute atomic E-state index is 0.00526. The molecule has 27 heavy (non-hydrogen) atoms. The van der Waals surface area contributed by atoms with Gasteiger partial charge in [0, 0.05) is 14.1 Å². The maximum atomic E-state index is 11.6. The Bertz CT molecular complexity index is 982. The van der Waals surface area contributed by atoms with Gasteiger partial charge in [-0.1, -0.05) is 54.6 Å². The molecule has 0 atom stereocenters. The van der Waals surface area contributed by atoms with Gasteiger partial charge in [0.1, 0.15) is 6.61 Å². The SMILES string of the molecule is CNC(=O)Cc1ccc2c(-c3cccc(COC(=O)NC)c3)cccc2c1. The summed E-state index contributed by atoms with van der Waals surface area (Å²) in [5.74, 6) is -0.00526. The molecule has 0 fully saturated rings. The molecule has 3 rings (SSSR count). The van der Waals surface area contributed by atoms with Gasteiger partial charge in [0.05, 0.1) is 6.42 Å². The molecule has 3 aromatic carbocycles. The van der Waals surface area contributed by atoms with Crippen molar-refractivity contribution in [3.8, 4) is 11.1 Å². The summed E-state index contributed by atoms with van der Waals surface area (Å²) in [6.07, 6.45) is -0.0857. The third kappa shape index (κ3) is 4.44. The topological polar surface area (TPSA) is 67.4 Å². The van der Waals surface area contributed by atoms with Crippen LogP contribution in [0.3, 0.4) is 0 Å². The van der Waals surface area contributed by atoms with E-state index in [2.05, 4.69) is 22.8 Å². The molecular weight excluding hydrogens is 340 g/mol. The van der Waals surface area contributed by atoms with E-state index in [0.29, 0.717) is 6.42 Å². The molecule has 2 N–H and O–H groups in total. The summed E-state index contributed by atoms with van der Waals surface area (Å²) in [4.78, 5) is 22.9. The molecule has 0 aliphatic rings. The molecule has 3 aromatic rings. The lowest BCUT2D eigenvalue weighted by Crippen LogP contribution is -2.19. The highest BCUT2D eigenvalue weighted by Crippen LogP contribution is 2.30. The van der Waals surface area contributed by atoms with Gasteiger partial charge in [-0.25, -0.2) is 4.79 Å². The highest BCUT2D eigenvalue weighted by molar-refractivity contribution is 5.97. The summed E-state index contributed by atoms with van der Waals surface area (Å²) in [6, 6.07) is 20.2. The van der Waals surface area contributed by atoms with E-state index in [-0.39, 0.29) is 12.5 Å². The number of alkyl carbamates (subject to hydrolysis) is 1. The van der Waals surface area contributed by atoms with E-state index in [1.807, 2.05) is 48.5 Å². The van der Waals surface area contributed by atoms with Crippen molar-refractivity contribution < 1.29 is 14.3 Å². The van der Waals surface area contributed by atoms with Crippen molar-refractivity contribution in [1.29, 1.82) is 0 Å². The minimum atomic E-state index is -0.450. The number of fused-ring (bicyclic) bond motifs is 1. The first-order valence-electron chi connectivity index (χ1n) is 8.77. The van der Waals surface area contributed by atoms with Crippen LogP contribution in [0.1, 0.15) is 11.1 Å². The number of hydrogen-bond acceptors (Lipinski definition) is 3. The summed E-state index contributed by atoms with van der Waals surface area (Å²) in [7, 11) is 3.18. The number of carbonyl (C=O) groups is 2. The fraction of sp³-hybridized carbons (Fsp3) is 0.182. The van der Waals surface area contributed by atoms with Gasteiger partial charge in [-0.15, -0.1) is 0 Å². The van der Waals surface area contributed by atoms with Crippen LogP contribution in [0.2, 0.25) is 0 Å². The second kappa shape index (κ2) is 8.36. The number of likely N-dealkylation sites (N-methyl/N-ethyl adjacent to an activating group) is 1. The van der Waals surface area contributed by atoms with Crippen LogP contribution in [0, 0.1) is 0 Å². The van der Waals surface area contributed by atoms with Crippen LogP contribution in [0.15, 0.2) is 60.7 Å². The normalized spacial score (nSPS) is 10.4. The van der Waals surface area contributed by atoms with Crippen molar-refractivity contribution in [2.24, 2.45) is 0 Å². The molecule has 0 radical (unpaired) electrons. The number of nitrogens with one attached hydrogen (secondary N) is 2. The van der Waals surface area contributed by atoms with E-state index < -0.39 is 6.09 Å². The zero-order valence-electron chi connectivity index (χ0n) is 15.4. The van der Waals surface area contributed by atoms with Crippen molar-refractivity contribution in [2.75, 3.05) is 14.1 Å². The zero-order valence-corrected chi connectivity index (χ0v) is 15.4. The van der Waals surface area contributed by atoms with Crippen LogP contribution in [-0.2, 0) is 22.6 Å². The van der Waals surface area contributed by atoms with Crippen molar-refractivity contribution in [2.45, 2.75) is 13.0 Å². The molecule has 0 unspecified atom stereocenters. The molecule has 0 aliphatic heterocycles. The Morgan fingerprint density at radius 1 is 0.889 bits per heavy atom. The molecule has 0 saturated heterocycles. The van der Waals surface area contributed by atoms with Gasteiger partial charge in [0.25, 0.3) is 0 Å². The van der Waals surface area contributed by atoms with E-state index in [1.165, 1.54) is 7.05 Å². The second-order valence-electron chi connectivity index (χ2n) is 6.24. The average Bonchev–Trinajstić information content (AvgIpc) is 2.71. The molecule has 0 saturated carbocycles. The summed E-state index contributed by atoms with van der Waals surface area (Å²) < 4.78 is 5.13. The molecule has 2 amide bonds. The summed E-state index contributed by atoms with van der Waals surface area (Å²) in [5, 5.41) is 7.29. The molecule has 5 nitrogen and oxygen atoms in total. The quantitative estimate of drug-likeness (QED) is 0.728. The maximum Gasteiger partial charge on any atom is 0.407 e. The van der Waals surface area contributed by atoms with Gasteiger partial charge in [-0.2, -0.15) is 0 Å². The van der Waals surface area contributed by atoms with E-state index in [0.717, 1.165) is 33.0 Å². The van der Waals surface area contributed by atoms with Gasteiger partial charge >= 0.3 is 6.09 Å². The van der Waals surface area contributed by atoms with Crippen LogP contribution in [-0.4, -0.2) is 26.1 Å². The van der Waals surface area contributed by atoms with Crippen LogP contribution < -0.4 is 10.6 Å². The number of amides is 2. The Kier molecular flexibility index (Phi) is 5.71. The Labute approximate surface area is 158 Å². The van der Waals surface area contributed by atoms with Crippen molar-refractivity contribution >= 4 is 22.8 Å². The minimum Gasteiger partial charge on any atom is -0.445 e. The lowest BCUT2D eigenvalue weighted by molar-refractivity contribution is -0.119. The molecule has 5 heteroatoms. The Hall–Kier alpha value is -3.34. The fourth-order valence-corrected chi connectivity index (χ4v) is 3.02. The molecule has 138 valence electrons. The zero-order chi connectivity index (χ0) is 19.2. The average molecular weight is 362 g/mol. The predicted molar refractivity (Wildman–Crippen MR) is 106 cm³/mol. The van der Waals surface area contributed by atoms with E-state index in [1.54, 1.807) is 7.05 Å². The number of benzene rings is 3. The molecule has 0 aromatic heterocycles. The number of ether oxygens (including phenoxy) is 1. The first-order valence-corrected chi connectivity index (χ1v) is 8.77. The molecule has 0 heterocycles. The summed E-state index contributed by atoms with van der Waals surface area (Å²) in [5.41, 5.74) is 4.05. The third-order valence-corrected chi connectivity index (χ3v) is 4.40. The summed E-state index contributed by atoms with van der Waals surface area (Å²) >= 11 is 0. The van der Waals surface area contributed by atoms with E-state index in [4.69, 9.17) is 4.74 Å². The van der Waals surface area contributed by atoms with Gasteiger partial charge in [0.15, 0.2) is 0 Å². The number of hydrogen-bond donors (Lipinski definition) is 2. The monoisotopic (exact) mass is 362 g/mol. The van der Waals surface area contributed by atoms with Gasteiger partial charge in [0.2, 0.25) is 5.91 Å². The van der Waals surface area contributed by atoms with E-state index in [9.17, 15) is 9.59 Å². The Morgan fingerprint density at radius 2 is 1.70 bits per heavy atom. The highest BCUT2D eigenvalue weighted by Gasteiger charge is 2.08. The predicted octanol–water partition coefficient (Wildman–Crippen LogP) is 3.65. The van der Waals surface area contributed by atoms with Crippen LogP contribution in [0.5, 0.6) is 0 Å². The first kappa shape index (κ1) is 18.5. The smallest absolute Gasteiger partial charge is 0.407 e. The van der Waals surface area contributed by atoms with Gasteiger partial charge in [-0.3, -0.25) is 4.79 Å². The standard InChI is InChI=1S/C22H22N2O3/c1-23-21(25)13-15-9-10-20-17(11-15)7-4-8-19(20)18-6-3-5-16(12-18)14-27-22(26)24-2/h3-12H,13-14H2,1-2H3,(H,23,25)(H,24,26). The van der Waals surface area contributed by atoms with Gasteiger partial charge in [-0.05, 0) is 39.1 Å². The lowest BCUT2D eigenvalue weighted by atomic mass is 9.95. The van der Waals surface area contributed by atoms with Crippen LogP contribution in [0.4, 0.5) is 4.79 Å². The number of carbonyl (C=O) groups excluding carboxylic acids is 2. The van der Waals surface area contributed by atoms with Crippen LogP contribution >= 0.6 is 0 Å². The Balaban J connectivity index is 1.92. The second-order valence-corrected chi connectivity index (χ2v) is 6.24. The molecule has 0 spiro atoms. The lowest BCUT2D eigenvalue weighted by Gasteiger charge is -2.11. The maximum absolute atomic E-state index is 11.6. The first-order chi connectivity index (χ1) is 13.1.